The van der Waals surface area contributed by atoms with Crippen LogP contribution in [0.3, 0.4) is 0 Å². The monoisotopic (exact) mass is 246 g/mol. The topological polar surface area (TPSA) is 56.7 Å². The average molecular weight is 246 g/mol. The van der Waals surface area contributed by atoms with E-state index in [1.54, 1.807) is 12.4 Å². The van der Waals surface area contributed by atoms with Crippen LogP contribution in [0.5, 0.6) is 0 Å². The largest absolute Gasteiger partial charge is 0.389 e. The van der Waals surface area contributed by atoms with Crippen LogP contribution in [-0.2, 0) is 6.42 Å². The molecule has 0 saturated carbocycles. The molecule has 0 fully saturated rings. The van der Waals surface area contributed by atoms with Gasteiger partial charge in [-0.05, 0) is 18.6 Å². The van der Waals surface area contributed by atoms with Crippen LogP contribution in [0.4, 0.5) is 0 Å². The van der Waals surface area contributed by atoms with Crippen molar-refractivity contribution in [1.82, 2.24) is 14.5 Å². The molecule has 0 aromatic carbocycles. The lowest BCUT2D eigenvalue weighted by Gasteiger charge is -2.06. The highest BCUT2D eigenvalue weighted by atomic mass is 32.1. The molecule has 0 spiro atoms. The molecule has 4 nitrogen and oxygen atoms in total. The Kier molecular flexibility index (Phi) is 3.49. The molecule has 88 valence electrons. The average Bonchev–Trinajstić information content (AvgIpc) is 2.78. The summed E-state index contributed by atoms with van der Waals surface area (Å²) in [5, 5.41) is 0. The molecule has 2 aromatic heterocycles. The first-order chi connectivity index (χ1) is 8.22. The van der Waals surface area contributed by atoms with E-state index < -0.39 is 0 Å². The Labute approximate surface area is 106 Å². The molecule has 0 saturated heterocycles. The van der Waals surface area contributed by atoms with Crippen molar-refractivity contribution in [1.29, 1.82) is 0 Å². The predicted octanol–water partition coefficient (Wildman–Crippen LogP) is 1.85. The molecule has 2 aromatic rings. The van der Waals surface area contributed by atoms with E-state index >= 15 is 0 Å². The quantitative estimate of drug-likeness (QED) is 0.837. The van der Waals surface area contributed by atoms with Crippen LogP contribution in [0.2, 0.25) is 0 Å². The van der Waals surface area contributed by atoms with E-state index in [0.717, 1.165) is 30.0 Å². The van der Waals surface area contributed by atoms with Crippen molar-refractivity contribution in [2.24, 2.45) is 5.73 Å². The SMILES string of the molecule is CCCc1nccn1-c1ccc(C(N)=S)cn1. The van der Waals surface area contributed by atoms with E-state index in [9.17, 15) is 0 Å². The first kappa shape index (κ1) is 11.7. The van der Waals surface area contributed by atoms with E-state index in [1.165, 1.54) is 0 Å². The highest BCUT2D eigenvalue weighted by molar-refractivity contribution is 7.80. The maximum Gasteiger partial charge on any atom is 0.138 e. The van der Waals surface area contributed by atoms with E-state index in [1.807, 2.05) is 22.9 Å². The lowest BCUT2D eigenvalue weighted by atomic mass is 10.3. The Morgan fingerprint density at radius 3 is 2.82 bits per heavy atom. The highest BCUT2D eigenvalue weighted by Gasteiger charge is 2.05. The van der Waals surface area contributed by atoms with Gasteiger partial charge >= 0.3 is 0 Å². The summed E-state index contributed by atoms with van der Waals surface area (Å²) in [5.74, 6) is 1.86. The fourth-order valence-electron chi connectivity index (χ4n) is 1.63. The molecule has 17 heavy (non-hydrogen) atoms. The summed E-state index contributed by atoms with van der Waals surface area (Å²) >= 11 is 4.89. The van der Waals surface area contributed by atoms with Crippen molar-refractivity contribution >= 4 is 17.2 Å². The second-order valence-corrected chi connectivity index (χ2v) is 4.17. The van der Waals surface area contributed by atoms with Crippen molar-refractivity contribution < 1.29 is 0 Å². The van der Waals surface area contributed by atoms with E-state index in [-0.39, 0.29) is 0 Å². The summed E-state index contributed by atoms with van der Waals surface area (Å²) in [5.41, 5.74) is 6.31. The van der Waals surface area contributed by atoms with Crippen LogP contribution >= 0.6 is 12.2 Å². The number of thiocarbonyl (C=S) groups is 1. The zero-order valence-electron chi connectivity index (χ0n) is 9.63. The number of pyridine rings is 1. The standard InChI is InChI=1S/C12H14N4S/c1-2-3-10-14-6-7-16(10)11-5-4-9(8-15-11)12(13)17/h4-8H,2-3H2,1H3,(H2,13,17). The lowest BCUT2D eigenvalue weighted by molar-refractivity contribution is 0.798. The van der Waals surface area contributed by atoms with Crippen LogP contribution in [0, 0.1) is 0 Å². The Bertz CT molecular complexity index is 516. The number of nitrogens with two attached hydrogens (primary N) is 1. The molecular weight excluding hydrogens is 232 g/mol. The predicted molar refractivity (Wildman–Crippen MR) is 71.2 cm³/mol. The molecule has 0 atom stereocenters. The molecule has 2 rings (SSSR count). The van der Waals surface area contributed by atoms with Gasteiger partial charge in [-0.2, -0.15) is 0 Å². The Morgan fingerprint density at radius 1 is 1.41 bits per heavy atom. The Balaban J connectivity index is 2.33. The number of hydrogen-bond donors (Lipinski definition) is 1. The van der Waals surface area contributed by atoms with Gasteiger partial charge in [-0.3, -0.25) is 4.57 Å². The maximum atomic E-state index is 5.53. The molecule has 0 aliphatic rings. The third kappa shape index (κ3) is 2.50. The summed E-state index contributed by atoms with van der Waals surface area (Å²) in [6.45, 7) is 2.13. The molecule has 2 N–H and O–H groups in total. The van der Waals surface area contributed by atoms with Crippen LogP contribution < -0.4 is 5.73 Å². The first-order valence-electron chi connectivity index (χ1n) is 5.51. The van der Waals surface area contributed by atoms with Gasteiger partial charge in [0.1, 0.15) is 16.6 Å². The first-order valence-corrected chi connectivity index (χ1v) is 5.91. The van der Waals surface area contributed by atoms with Gasteiger partial charge in [0.15, 0.2) is 0 Å². The number of aromatic nitrogens is 3. The number of rotatable bonds is 4. The van der Waals surface area contributed by atoms with Gasteiger partial charge in [0.25, 0.3) is 0 Å². The maximum absolute atomic E-state index is 5.53. The van der Waals surface area contributed by atoms with Crippen molar-refractivity contribution in [3.8, 4) is 5.82 Å². The minimum absolute atomic E-state index is 0.364. The van der Waals surface area contributed by atoms with Gasteiger partial charge in [-0.25, -0.2) is 9.97 Å². The van der Waals surface area contributed by atoms with Crippen molar-refractivity contribution in [2.45, 2.75) is 19.8 Å². The molecule has 0 radical (unpaired) electrons. The Hall–Kier alpha value is -1.75. The van der Waals surface area contributed by atoms with Gasteiger partial charge in [-0.15, -0.1) is 0 Å². The summed E-state index contributed by atoms with van der Waals surface area (Å²) in [4.78, 5) is 9.02. The lowest BCUT2D eigenvalue weighted by Crippen LogP contribution is -2.10. The zero-order valence-corrected chi connectivity index (χ0v) is 10.4. The number of nitrogens with zero attached hydrogens (tertiary/aromatic N) is 3. The molecular formula is C12H14N4S. The number of hydrogen-bond acceptors (Lipinski definition) is 3. The summed E-state index contributed by atoms with van der Waals surface area (Å²) in [7, 11) is 0. The molecule has 5 heteroatoms. The van der Waals surface area contributed by atoms with Crippen LogP contribution in [-0.4, -0.2) is 19.5 Å². The second-order valence-electron chi connectivity index (χ2n) is 3.73. The fraction of sp³-hybridized carbons (Fsp3) is 0.250. The normalized spacial score (nSPS) is 10.4. The second kappa shape index (κ2) is 5.05. The van der Waals surface area contributed by atoms with Crippen LogP contribution in [0.25, 0.3) is 5.82 Å². The number of imidazole rings is 1. The summed E-state index contributed by atoms with van der Waals surface area (Å²) < 4.78 is 1.98. The van der Waals surface area contributed by atoms with E-state index in [2.05, 4.69) is 16.9 Å². The molecule has 0 amide bonds. The van der Waals surface area contributed by atoms with Crippen LogP contribution in [0.15, 0.2) is 30.7 Å². The van der Waals surface area contributed by atoms with Gasteiger partial charge in [0.05, 0.1) is 0 Å². The van der Waals surface area contributed by atoms with Crippen molar-refractivity contribution in [2.75, 3.05) is 0 Å². The molecule has 0 bridgehead atoms. The zero-order chi connectivity index (χ0) is 12.3. The smallest absolute Gasteiger partial charge is 0.138 e. The highest BCUT2D eigenvalue weighted by Crippen LogP contribution is 2.10. The van der Waals surface area contributed by atoms with Gasteiger partial charge in [-0.1, -0.05) is 19.1 Å². The van der Waals surface area contributed by atoms with Crippen LogP contribution in [0.1, 0.15) is 24.7 Å². The molecule has 0 aliphatic carbocycles. The van der Waals surface area contributed by atoms with Gasteiger partial charge in [0.2, 0.25) is 0 Å². The minimum Gasteiger partial charge on any atom is -0.389 e. The third-order valence-corrected chi connectivity index (χ3v) is 2.71. The molecule has 0 unspecified atom stereocenters. The third-order valence-electron chi connectivity index (χ3n) is 2.47. The minimum atomic E-state index is 0.364. The van der Waals surface area contributed by atoms with Gasteiger partial charge in [0, 0.05) is 30.6 Å². The summed E-state index contributed by atoms with van der Waals surface area (Å²) in [6, 6.07) is 3.77. The molecule has 0 aliphatic heterocycles. The van der Waals surface area contributed by atoms with Crippen molar-refractivity contribution in [3.63, 3.8) is 0 Å². The fourth-order valence-corrected chi connectivity index (χ4v) is 1.75. The van der Waals surface area contributed by atoms with E-state index in [0.29, 0.717) is 4.99 Å². The Morgan fingerprint density at radius 2 is 2.24 bits per heavy atom. The van der Waals surface area contributed by atoms with E-state index in [4.69, 9.17) is 18.0 Å². The van der Waals surface area contributed by atoms with Crippen molar-refractivity contribution in [3.05, 3.63) is 42.1 Å². The summed E-state index contributed by atoms with van der Waals surface area (Å²) in [6.07, 6.45) is 7.38. The molecule has 2 heterocycles. The van der Waals surface area contributed by atoms with Gasteiger partial charge < -0.3 is 5.73 Å². The number of aryl methyl sites for hydroxylation is 1.